The van der Waals surface area contributed by atoms with Crippen LogP contribution in [0.4, 0.5) is 11.4 Å². The van der Waals surface area contributed by atoms with Crippen molar-refractivity contribution in [1.29, 1.82) is 0 Å². The molecule has 0 saturated carbocycles. The van der Waals surface area contributed by atoms with Crippen molar-refractivity contribution in [3.05, 3.63) is 82.4 Å². The van der Waals surface area contributed by atoms with Gasteiger partial charge in [-0.1, -0.05) is 24.3 Å². The van der Waals surface area contributed by atoms with E-state index in [1.807, 2.05) is 61.0 Å². The number of aromatic nitrogens is 4. The number of fused-ring (bicyclic) bond motifs is 2. The molecule has 2 aromatic heterocycles. The molecule has 2 amide bonds. The van der Waals surface area contributed by atoms with Crippen molar-refractivity contribution in [3.63, 3.8) is 0 Å². The van der Waals surface area contributed by atoms with Gasteiger partial charge in [0, 0.05) is 37.1 Å². The lowest BCUT2D eigenvalue weighted by Gasteiger charge is -2.24. The van der Waals surface area contributed by atoms with Crippen LogP contribution in [-0.2, 0) is 13.1 Å². The van der Waals surface area contributed by atoms with Gasteiger partial charge in [0.15, 0.2) is 11.4 Å². The first-order valence-corrected chi connectivity index (χ1v) is 14.8. The van der Waals surface area contributed by atoms with Crippen LogP contribution < -0.4 is 16.0 Å². The SMILES string of the molecule is Cc1c(NC(=O)c2cc3n(n2)CCCC3O)cccc1-c1cccc(NC(=O)c2cc3n(n2)CCCC3NCCO)c1C. The van der Waals surface area contributed by atoms with Crippen molar-refractivity contribution < 1.29 is 19.8 Å². The van der Waals surface area contributed by atoms with Crippen molar-refractivity contribution in [1.82, 2.24) is 24.9 Å². The van der Waals surface area contributed by atoms with E-state index in [2.05, 4.69) is 26.1 Å². The van der Waals surface area contributed by atoms with Crippen molar-refractivity contribution in [2.45, 2.75) is 64.8 Å². The maximum Gasteiger partial charge on any atom is 0.276 e. The minimum atomic E-state index is -0.603. The molecule has 43 heavy (non-hydrogen) atoms. The third-order valence-electron chi connectivity index (χ3n) is 8.45. The smallest absolute Gasteiger partial charge is 0.276 e. The third-order valence-corrected chi connectivity index (χ3v) is 8.45. The monoisotopic (exact) mass is 583 g/mol. The van der Waals surface area contributed by atoms with Gasteiger partial charge in [-0.05, 0) is 86.1 Å². The van der Waals surface area contributed by atoms with E-state index in [0.717, 1.165) is 53.8 Å². The van der Waals surface area contributed by atoms with Gasteiger partial charge in [-0.2, -0.15) is 10.2 Å². The molecule has 2 atom stereocenters. The van der Waals surface area contributed by atoms with Crippen molar-refractivity contribution >= 4 is 23.2 Å². The Morgan fingerprint density at radius 3 is 1.93 bits per heavy atom. The highest BCUT2D eigenvalue weighted by Crippen LogP contribution is 2.34. The molecule has 0 bridgehead atoms. The fourth-order valence-corrected chi connectivity index (χ4v) is 6.11. The van der Waals surface area contributed by atoms with Crippen molar-refractivity contribution in [2.24, 2.45) is 0 Å². The number of aliphatic hydroxyl groups excluding tert-OH is 2. The van der Waals surface area contributed by atoms with Gasteiger partial charge < -0.3 is 26.2 Å². The second-order valence-electron chi connectivity index (χ2n) is 11.3. The van der Waals surface area contributed by atoms with Crippen molar-refractivity contribution in [3.8, 4) is 11.1 Å². The van der Waals surface area contributed by atoms with Crippen LogP contribution in [0.1, 0.15) is 81.3 Å². The van der Waals surface area contributed by atoms with Gasteiger partial charge in [0.1, 0.15) is 0 Å². The standard InChI is InChI=1S/C32H37N7O4/c1-19-21(7-3-9-23(19)34-31(42)26-17-28-25(33-13-16-40)11-5-14-38(28)36-26)22-8-4-10-24(20(22)2)35-32(43)27-18-29-30(41)12-6-15-39(29)37-27/h3-4,7-10,17-18,25,30,33,40-41H,5-6,11-16H2,1-2H3,(H,34,42)(H,35,43). The first-order chi connectivity index (χ1) is 20.8. The van der Waals surface area contributed by atoms with E-state index in [-0.39, 0.29) is 30.2 Å². The van der Waals surface area contributed by atoms with E-state index in [1.165, 1.54) is 0 Å². The Balaban J connectivity index is 1.21. The van der Waals surface area contributed by atoms with Gasteiger partial charge in [-0.3, -0.25) is 19.0 Å². The van der Waals surface area contributed by atoms with E-state index in [9.17, 15) is 19.8 Å². The summed E-state index contributed by atoms with van der Waals surface area (Å²) in [6.07, 6.45) is 2.77. The Morgan fingerprint density at radius 2 is 1.37 bits per heavy atom. The maximum absolute atomic E-state index is 13.3. The second kappa shape index (κ2) is 12.1. The summed E-state index contributed by atoms with van der Waals surface area (Å²) in [6, 6.07) is 15.1. The molecule has 6 rings (SSSR count). The molecule has 2 aliphatic heterocycles. The highest BCUT2D eigenvalue weighted by Gasteiger charge is 2.25. The number of amides is 2. The molecule has 224 valence electrons. The first-order valence-electron chi connectivity index (χ1n) is 14.8. The molecule has 0 spiro atoms. The van der Waals surface area contributed by atoms with Crippen LogP contribution in [0.15, 0.2) is 48.5 Å². The average molecular weight is 584 g/mol. The molecule has 2 aromatic carbocycles. The van der Waals surface area contributed by atoms with E-state index in [0.29, 0.717) is 42.3 Å². The van der Waals surface area contributed by atoms with Gasteiger partial charge in [0.25, 0.3) is 11.8 Å². The molecule has 2 aliphatic rings. The molecule has 5 N–H and O–H groups in total. The predicted molar refractivity (Wildman–Crippen MR) is 163 cm³/mol. The largest absolute Gasteiger partial charge is 0.395 e. The number of nitrogens with one attached hydrogen (secondary N) is 3. The summed E-state index contributed by atoms with van der Waals surface area (Å²) in [5.41, 5.74) is 7.24. The van der Waals surface area contributed by atoms with E-state index < -0.39 is 6.10 Å². The number of aliphatic hydroxyl groups is 2. The molecule has 4 heterocycles. The number of carbonyl (C=O) groups is 2. The van der Waals surface area contributed by atoms with Gasteiger partial charge in [0.2, 0.25) is 0 Å². The van der Waals surface area contributed by atoms with Gasteiger partial charge >= 0.3 is 0 Å². The Kier molecular flexibility index (Phi) is 8.11. The molecule has 4 aromatic rings. The molecule has 2 unspecified atom stereocenters. The van der Waals surface area contributed by atoms with Crippen LogP contribution in [0.25, 0.3) is 11.1 Å². The summed E-state index contributed by atoms with van der Waals surface area (Å²) in [5.74, 6) is -0.614. The van der Waals surface area contributed by atoms with Gasteiger partial charge in [-0.15, -0.1) is 0 Å². The minimum Gasteiger partial charge on any atom is -0.395 e. The molecule has 0 radical (unpaired) electrons. The zero-order valence-electron chi connectivity index (χ0n) is 24.4. The summed E-state index contributed by atoms with van der Waals surface area (Å²) < 4.78 is 3.59. The van der Waals surface area contributed by atoms with Crippen LogP contribution in [-0.4, -0.2) is 54.7 Å². The highest BCUT2D eigenvalue weighted by molar-refractivity contribution is 6.05. The predicted octanol–water partition coefficient (Wildman–Crippen LogP) is 4.11. The number of benzene rings is 2. The highest BCUT2D eigenvalue weighted by atomic mass is 16.3. The molecular formula is C32H37N7O4. The van der Waals surface area contributed by atoms with E-state index in [1.54, 1.807) is 10.7 Å². The summed E-state index contributed by atoms with van der Waals surface area (Å²) in [7, 11) is 0. The van der Waals surface area contributed by atoms with Crippen LogP contribution in [0.5, 0.6) is 0 Å². The zero-order valence-corrected chi connectivity index (χ0v) is 24.4. The molecule has 11 heteroatoms. The van der Waals surface area contributed by atoms with E-state index in [4.69, 9.17) is 0 Å². The molecular weight excluding hydrogens is 546 g/mol. The second-order valence-corrected chi connectivity index (χ2v) is 11.3. The maximum atomic E-state index is 13.3. The Bertz CT molecular complexity index is 1670. The summed E-state index contributed by atoms with van der Waals surface area (Å²) in [5, 5.41) is 37.8. The average Bonchev–Trinajstić information content (AvgIpc) is 3.65. The molecule has 11 nitrogen and oxygen atoms in total. The number of hydrogen-bond donors (Lipinski definition) is 5. The summed E-state index contributed by atoms with van der Waals surface area (Å²) in [6.45, 7) is 5.90. The fraction of sp³-hybridized carbons (Fsp3) is 0.375. The third kappa shape index (κ3) is 5.71. The van der Waals surface area contributed by atoms with Crippen molar-refractivity contribution in [2.75, 3.05) is 23.8 Å². The minimum absolute atomic E-state index is 0.0551. The van der Waals surface area contributed by atoms with Crippen LogP contribution in [0.3, 0.4) is 0 Å². The lowest BCUT2D eigenvalue weighted by molar-refractivity contribution is 0.101. The number of hydrogen-bond acceptors (Lipinski definition) is 7. The normalized spacial score (nSPS) is 17.7. The molecule has 0 aliphatic carbocycles. The number of anilines is 2. The molecule has 0 fully saturated rings. The van der Waals surface area contributed by atoms with Gasteiger partial charge in [-0.25, -0.2) is 0 Å². The fourth-order valence-electron chi connectivity index (χ4n) is 6.11. The Labute approximate surface area is 249 Å². The first kappa shape index (κ1) is 28.8. The summed E-state index contributed by atoms with van der Waals surface area (Å²) >= 11 is 0. The quantitative estimate of drug-likeness (QED) is 0.210. The van der Waals surface area contributed by atoms with Crippen LogP contribution in [0, 0.1) is 13.8 Å². The number of nitrogens with zero attached hydrogens (tertiary/aromatic N) is 4. The van der Waals surface area contributed by atoms with Gasteiger partial charge in [0.05, 0.1) is 24.1 Å². The number of aryl methyl sites for hydroxylation is 2. The topological polar surface area (TPSA) is 146 Å². The Morgan fingerprint density at radius 1 is 0.837 bits per heavy atom. The van der Waals surface area contributed by atoms with Crippen LogP contribution >= 0.6 is 0 Å². The number of carbonyl (C=O) groups excluding carboxylic acids is 2. The number of rotatable bonds is 8. The van der Waals surface area contributed by atoms with Crippen LogP contribution in [0.2, 0.25) is 0 Å². The van der Waals surface area contributed by atoms with E-state index >= 15 is 0 Å². The lowest BCUT2D eigenvalue weighted by atomic mass is 9.94. The Hall–Kier alpha value is -4.32. The zero-order chi connectivity index (χ0) is 30.1. The lowest BCUT2D eigenvalue weighted by Crippen LogP contribution is -2.29. The summed E-state index contributed by atoms with van der Waals surface area (Å²) in [4.78, 5) is 26.4. The molecule has 0 saturated heterocycles.